The smallest absolute Gasteiger partial charge is 0.123 e. The fourth-order valence-electron chi connectivity index (χ4n) is 6.86. The van der Waals surface area contributed by atoms with Crippen LogP contribution >= 0.6 is 0 Å². The van der Waals surface area contributed by atoms with E-state index in [0.717, 1.165) is 44.5 Å². The van der Waals surface area contributed by atoms with Gasteiger partial charge in [0.25, 0.3) is 0 Å². The molecule has 0 saturated heterocycles. The molecule has 0 spiro atoms. The van der Waals surface area contributed by atoms with Crippen molar-refractivity contribution in [2.24, 2.45) is 0 Å². The number of pyridine rings is 2. The summed E-state index contributed by atoms with van der Waals surface area (Å²) in [5.41, 5.74) is 12.8. The molecule has 0 aliphatic rings. The molecule has 0 atom stereocenters. The molecule has 0 bridgehead atoms. The van der Waals surface area contributed by atoms with Crippen molar-refractivity contribution in [1.82, 2.24) is 14.4 Å². The van der Waals surface area contributed by atoms with Crippen LogP contribution in [-0.2, 0) is 20.1 Å². The first kappa shape index (κ1) is 30.0. The topological polar surface area (TPSA) is 43.3 Å². The molecule has 1 radical (unpaired) electrons. The summed E-state index contributed by atoms with van der Waals surface area (Å²) < 4.78 is 8.96. The third kappa shape index (κ3) is 4.62. The Morgan fingerprint density at radius 2 is 1.38 bits per heavy atom. The van der Waals surface area contributed by atoms with Gasteiger partial charge in [-0.3, -0.25) is 0 Å². The van der Waals surface area contributed by atoms with Crippen LogP contribution in [0.3, 0.4) is 0 Å². The van der Waals surface area contributed by atoms with Crippen molar-refractivity contribution in [2.75, 3.05) is 0 Å². The number of hydrogen-bond donors (Lipinski definition) is 0. The number of furan rings is 1. The van der Waals surface area contributed by atoms with Gasteiger partial charge in [0.2, 0.25) is 0 Å². The fraction of sp³-hybridized carbons (Fsp3) is 0.0698. The van der Waals surface area contributed by atoms with E-state index in [4.69, 9.17) is 9.40 Å². The third-order valence-corrected chi connectivity index (χ3v) is 9.30. The Kier molecular flexibility index (Phi) is 7.32. The second-order valence-electron chi connectivity index (χ2n) is 12.2. The predicted molar refractivity (Wildman–Crippen MR) is 193 cm³/mol. The molecule has 0 aliphatic heterocycles. The normalized spacial score (nSPS) is 11.5. The number of aromatic nitrogens is 3. The summed E-state index contributed by atoms with van der Waals surface area (Å²) >= 11 is 0. The van der Waals surface area contributed by atoms with Crippen molar-refractivity contribution in [2.45, 2.75) is 20.8 Å². The molecule has 0 amide bonds. The second kappa shape index (κ2) is 11.7. The molecule has 4 nitrogen and oxygen atoms in total. The molecule has 5 aromatic heterocycles. The van der Waals surface area contributed by atoms with Crippen LogP contribution in [0.15, 0.2) is 126 Å². The van der Waals surface area contributed by atoms with Crippen molar-refractivity contribution in [3.63, 3.8) is 0 Å². The summed E-state index contributed by atoms with van der Waals surface area (Å²) in [4.78, 5) is 9.02. The largest absolute Gasteiger partial charge is 0.501 e. The second-order valence-corrected chi connectivity index (χ2v) is 12.2. The zero-order valence-corrected chi connectivity index (χ0v) is 29.0. The van der Waals surface area contributed by atoms with E-state index in [1.165, 1.54) is 54.8 Å². The molecular formula is C43H29IrN3O-2. The van der Waals surface area contributed by atoms with Gasteiger partial charge in [0, 0.05) is 59.4 Å². The molecule has 0 unspecified atom stereocenters. The molecule has 10 rings (SSSR count). The number of hydrogen-bond acceptors (Lipinski definition) is 3. The molecule has 0 fully saturated rings. The summed E-state index contributed by atoms with van der Waals surface area (Å²) in [6.45, 7) is 6.23. The van der Waals surface area contributed by atoms with E-state index in [1.807, 2.05) is 55.7 Å². The number of benzene rings is 5. The maximum Gasteiger partial charge on any atom is 0.123 e. The molecule has 48 heavy (non-hydrogen) atoms. The van der Waals surface area contributed by atoms with Crippen LogP contribution < -0.4 is 0 Å². The van der Waals surface area contributed by atoms with Gasteiger partial charge in [-0.2, -0.15) is 0 Å². The van der Waals surface area contributed by atoms with Crippen LogP contribution in [-0.4, -0.2) is 14.4 Å². The Bertz CT molecular complexity index is 2760. The molecule has 0 N–H and O–H groups in total. The predicted octanol–water partition coefficient (Wildman–Crippen LogP) is 11.1. The van der Waals surface area contributed by atoms with E-state index in [1.54, 1.807) is 0 Å². The van der Waals surface area contributed by atoms with E-state index in [2.05, 4.69) is 108 Å². The molecule has 5 heteroatoms. The number of rotatable bonds is 2. The van der Waals surface area contributed by atoms with E-state index >= 15 is 0 Å². The van der Waals surface area contributed by atoms with Crippen molar-refractivity contribution >= 4 is 60.0 Å². The first-order valence-electron chi connectivity index (χ1n) is 15.8. The molecule has 0 aliphatic carbocycles. The Hall–Kier alpha value is -5.35. The van der Waals surface area contributed by atoms with Crippen LogP contribution in [0.4, 0.5) is 0 Å². The molecule has 5 aromatic carbocycles. The number of nitrogens with zero attached hydrogens (tertiary/aromatic N) is 3. The Morgan fingerprint density at radius 3 is 2.17 bits per heavy atom. The molecule has 5 heterocycles. The van der Waals surface area contributed by atoms with E-state index in [0.29, 0.717) is 0 Å². The van der Waals surface area contributed by atoms with Crippen LogP contribution in [0.5, 0.6) is 0 Å². The van der Waals surface area contributed by atoms with Crippen molar-refractivity contribution < 1.29 is 24.5 Å². The van der Waals surface area contributed by atoms with Gasteiger partial charge in [0.15, 0.2) is 0 Å². The molecule has 10 aromatic rings. The zero-order valence-electron chi connectivity index (χ0n) is 26.6. The standard InChI is InChI=1S/C31H19N2O.C12H10N.Ir/c1-17-15-25(32-16-18(17)2)23-10-6-11-24-28-27(34-31(23)24)14-13-22-21-9-5-8-20-19-7-3-4-12-26(19)33(29(20)21)30(22)28;1-10-7-8-12(13-9-10)11-5-3-2-4-6-11;/h3-9,11-16H,1-2H3;2-5,7-9H,1H3;/q2*-1;. The number of para-hydroxylation sites is 2. The third-order valence-electron chi connectivity index (χ3n) is 9.30. The molecule has 0 saturated carbocycles. The molecular weight excluding hydrogens is 767 g/mol. The Labute approximate surface area is 291 Å². The van der Waals surface area contributed by atoms with Gasteiger partial charge in [-0.15, -0.1) is 54.1 Å². The Morgan fingerprint density at radius 1 is 0.604 bits per heavy atom. The maximum absolute atomic E-state index is 6.53. The van der Waals surface area contributed by atoms with Crippen LogP contribution in [0.1, 0.15) is 16.7 Å². The summed E-state index contributed by atoms with van der Waals surface area (Å²) in [6, 6.07) is 44.3. The van der Waals surface area contributed by atoms with Gasteiger partial charge in [-0.05, 0) is 61.5 Å². The van der Waals surface area contributed by atoms with Crippen LogP contribution in [0, 0.1) is 32.9 Å². The monoisotopic (exact) mass is 796 g/mol. The van der Waals surface area contributed by atoms with Crippen molar-refractivity contribution in [1.29, 1.82) is 0 Å². The summed E-state index contributed by atoms with van der Waals surface area (Å²) in [5, 5.41) is 7.34. The van der Waals surface area contributed by atoms with Crippen LogP contribution in [0.25, 0.3) is 82.5 Å². The fourth-order valence-corrected chi connectivity index (χ4v) is 6.86. The first-order chi connectivity index (χ1) is 23.1. The van der Waals surface area contributed by atoms with Crippen LogP contribution in [0.2, 0.25) is 0 Å². The van der Waals surface area contributed by atoms with Gasteiger partial charge in [0.1, 0.15) is 5.58 Å². The average Bonchev–Trinajstić information content (AvgIpc) is 3.77. The minimum atomic E-state index is 0. The SMILES string of the molecule is Cc1ccc(-c2[c-]cccc2)nc1.Cc1cnc(-c2[c-]ccc3c2oc2ccc4c5cccc6c7ccccc7n(c65)c4c23)cc1C.[Ir]. The molecule has 233 valence electrons. The quantitative estimate of drug-likeness (QED) is 0.164. The summed E-state index contributed by atoms with van der Waals surface area (Å²) in [6.07, 6.45) is 3.80. The minimum absolute atomic E-state index is 0. The van der Waals surface area contributed by atoms with E-state index in [-0.39, 0.29) is 20.1 Å². The zero-order chi connectivity index (χ0) is 31.6. The average molecular weight is 796 g/mol. The van der Waals surface area contributed by atoms with Gasteiger partial charge < -0.3 is 18.8 Å². The van der Waals surface area contributed by atoms with Gasteiger partial charge in [-0.25, -0.2) is 0 Å². The minimum Gasteiger partial charge on any atom is -0.501 e. The summed E-state index contributed by atoms with van der Waals surface area (Å²) in [5.74, 6) is 0. The number of fused-ring (bicyclic) bond motifs is 10. The van der Waals surface area contributed by atoms with Gasteiger partial charge >= 0.3 is 0 Å². The van der Waals surface area contributed by atoms with Crippen molar-refractivity contribution in [3.8, 4) is 22.5 Å². The number of aryl methyl sites for hydroxylation is 3. The summed E-state index contributed by atoms with van der Waals surface area (Å²) in [7, 11) is 0. The maximum atomic E-state index is 6.53. The van der Waals surface area contributed by atoms with Gasteiger partial charge in [-0.1, -0.05) is 71.1 Å². The van der Waals surface area contributed by atoms with E-state index < -0.39 is 0 Å². The van der Waals surface area contributed by atoms with Crippen molar-refractivity contribution in [3.05, 3.63) is 150 Å². The van der Waals surface area contributed by atoms with E-state index in [9.17, 15) is 0 Å². The Balaban J connectivity index is 0.000000203. The first-order valence-corrected chi connectivity index (χ1v) is 15.8. The van der Waals surface area contributed by atoms with Gasteiger partial charge in [0.05, 0.1) is 22.1 Å².